The van der Waals surface area contributed by atoms with Crippen LogP contribution in [0.25, 0.3) is 0 Å². The van der Waals surface area contributed by atoms with Crippen LogP contribution in [-0.2, 0) is 0 Å². The highest BCUT2D eigenvalue weighted by molar-refractivity contribution is 8.36. The SMILES string of the molecule is c1ccc([Si](C2=C([Si](c3ccccc3)c3ccccc3)SC(=C3SC([Si](c4ccccc4)c4ccccc4)=C([Si](c4ccccc4)c4ccccc4)S3)S2)c2ccccc2)cc1. The van der Waals surface area contributed by atoms with Crippen molar-refractivity contribution in [3.05, 3.63) is 269 Å². The van der Waals surface area contributed by atoms with Crippen LogP contribution < -0.4 is 41.5 Å². The van der Waals surface area contributed by atoms with Crippen molar-refractivity contribution in [3.63, 3.8) is 0 Å². The molecule has 2 heterocycles. The Hall–Kier alpha value is -4.75. The Morgan fingerprint density at radius 2 is 0.306 bits per heavy atom. The lowest BCUT2D eigenvalue weighted by Gasteiger charge is -2.22. The van der Waals surface area contributed by atoms with Gasteiger partial charge in [0.1, 0.15) is 0 Å². The molecule has 0 nitrogen and oxygen atoms in total. The number of thioether (sulfide) groups is 4. The topological polar surface area (TPSA) is 0 Å². The van der Waals surface area contributed by atoms with Gasteiger partial charge < -0.3 is 0 Å². The van der Waals surface area contributed by atoms with Crippen LogP contribution >= 0.6 is 47.0 Å². The van der Waals surface area contributed by atoms with E-state index in [-0.39, 0.29) is 0 Å². The molecule has 2 aliphatic heterocycles. The van der Waals surface area contributed by atoms with Gasteiger partial charge >= 0.3 is 0 Å². The highest BCUT2D eigenvalue weighted by Crippen LogP contribution is 2.61. The number of rotatable bonds is 12. The van der Waals surface area contributed by atoms with Crippen molar-refractivity contribution < 1.29 is 0 Å². The second kappa shape index (κ2) is 19.7. The number of hydrogen-bond donors (Lipinski definition) is 0. The zero-order valence-electron chi connectivity index (χ0n) is 33.7. The smallest absolute Gasteiger partial charge is 0.0890 e. The van der Waals surface area contributed by atoms with Crippen LogP contribution in [0.5, 0.6) is 0 Å². The van der Waals surface area contributed by atoms with Gasteiger partial charge in [-0.3, -0.25) is 0 Å². The predicted octanol–water partition coefficient (Wildman–Crippen LogP) is 8.89. The minimum Gasteiger partial charge on any atom is -0.0890 e. The summed E-state index contributed by atoms with van der Waals surface area (Å²) in [5.74, 6) is 0. The molecule has 0 aromatic heterocycles. The molecule has 0 amide bonds. The molecule has 10 rings (SSSR count). The predicted molar refractivity (Wildman–Crippen MR) is 283 cm³/mol. The quantitative estimate of drug-likeness (QED) is 0.112. The van der Waals surface area contributed by atoms with E-state index < -0.39 is 35.2 Å². The molecule has 296 valence electrons. The van der Waals surface area contributed by atoms with Gasteiger partial charge in [-0.25, -0.2) is 0 Å². The molecule has 0 aliphatic carbocycles. The molecule has 62 heavy (non-hydrogen) atoms. The fourth-order valence-electron chi connectivity index (χ4n) is 7.98. The number of benzene rings is 8. The molecule has 2 aliphatic rings. The zero-order chi connectivity index (χ0) is 41.5. The average molecular weight is 930 g/mol. The fraction of sp³-hybridized carbons (Fsp3) is 0. The maximum atomic E-state index is 2.37. The third kappa shape index (κ3) is 8.89. The first-order valence-electron chi connectivity index (χ1n) is 20.7. The zero-order valence-corrected chi connectivity index (χ0v) is 41.0. The largest absolute Gasteiger partial charge is 0.164 e. The molecule has 0 N–H and O–H groups in total. The highest BCUT2D eigenvalue weighted by Gasteiger charge is 2.42. The van der Waals surface area contributed by atoms with E-state index in [9.17, 15) is 0 Å². The van der Waals surface area contributed by atoms with Gasteiger partial charge in [-0.05, 0) is 18.1 Å². The van der Waals surface area contributed by atoms with Gasteiger partial charge in [0.25, 0.3) is 0 Å². The molecule has 8 aromatic rings. The Morgan fingerprint density at radius 1 is 0.177 bits per heavy atom. The minimum absolute atomic E-state index is 1.38. The summed E-state index contributed by atoms with van der Waals surface area (Å²) in [5.41, 5.74) is 0. The Bertz CT molecular complexity index is 2280. The van der Waals surface area contributed by atoms with E-state index >= 15 is 0 Å². The Kier molecular flexibility index (Phi) is 13.1. The van der Waals surface area contributed by atoms with E-state index in [1.54, 1.807) is 18.1 Å². The van der Waals surface area contributed by atoms with Crippen molar-refractivity contribution in [2.24, 2.45) is 0 Å². The molecule has 0 saturated carbocycles. The molecule has 4 radical (unpaired) electrons. The van der Waals surface area contributed by atoms with E-state index in [0.29, 0.717) is 0 Å². The lowest BCUT2D eigenvalue weighted by molar-refractivity contribution is 1.72. The third-order valence-corrected chi connectivity index (χ3v) is 30.7. The Morgan fingerprint density at radius 3 is 0.435 bits per heavy atom. The summed E-state index contributed by atoms with van der Waals surface area (Å²) in [6, 6.07) is 91.0. The van der Waals surface area contributed by atoms with Gasteiger partial charge in [0, 0.05) is 0 Å². The van der Waals surface area contributed by atoms with Crippen molar-refractivity contribution >= 4 is 124 Å². The van der Waals surface area contributed by atoms with Crippen molar-refractivity contribution in [1.29, 1.82) is 0 Å². The Balaban J connectivity index is 1.19. The minimum atomic E-state index is -1.38. The molecule has 8 heteroatoms. The van der Waals surface area contributed by atoms with E-state index in [0.717, 1.165) is 0 Å². The standard InChI is InChI=1S/C54H40S4Si4/c1-9-25-41(26-10-1)59(42-27-11-2-12-28-42)51-52(60(43-29-13-3-14-30-43)44-31-15-4-16-32-44)56-49(55-51)50-57-53(61(45-33-17-5-18-34-45)46-35-19-6-20-36-46)54(58-50)62(47-37-21-7-22-38-47)48-39-23-8-24-40-48/h1-40H. The van der Waals surface area contributed by atoms with Crippen LogP contribution in [0.2, 0.25) is 0 Å². The number of hydrogen-bond acceptors (Lipinski definition) is 4. The first-order valence-corrected chi connectivity index (χ1v) is 29.9. The van der Waals surface area contributed by atoms with Crippen LogP contribution in [-0.4, -0.2) is 35.2 Å². The summed E-state index contributed by atoms with van der Waals surface area (Å²) in [7, 11) is -5.52. The first-order chi connectivity index (χ1) is 30.8. The van der Waals surface area contributed by atoms with Crippen molar-refractivity contribution in [3.8, 4) is 0 Å². The summed E-state index contributed by atoms with van der Waals surface area (Å²) >= 11 is 8.36. The molecule has 0 unspecified atom stereocenters. The normalized spacial score (nSPS) is 14.3. The van der Waals surface area contributed by atoms with Gasteiger partial charge in [-0.1, -0.05) is 331 Å². The van der Waals surface area contributed by atoms with Crippen molar-refractivity contribution in [1.82, 2.24) is 0 Å². The first kappa shape index (κ1) is 41.3. The third-order valence-electron chi connectivity index (χ3n) is 10.8. The Labute approximate surface area is 389 Å². The summed E-state index contributed by atoms with van der Waals surface area (Å²) in [4.78, 5) is 0. The van der Waals surface area contributed by atoms with Crippen LogP contribution in [0.1, 0.15) is 0 Å². The molecular weight excluding hydrogens is 889 g/mol. The summed E-state index contributed by atoms with van der Waals surface area (Å²) in [6.45, 7) is 0. The average Bonchev–Trinajstić information content (AvgIpc) is 3.97. The van der Waals surface area contributed by atoms with Crippen LogP contribution in [0.4, 0.5) is 0 Å². The van der Waals surface area contributed by atoms with Crippen LogP contribution in [0, 0.1) is 0 Å². The van der Waals surface area contributed by atoms with Crippen LogP contribution in [0.3, 0.4) is 0 Å². The summed E-state index contributed by atoms with van der Waals surface area (Å²) in [6.07, 6.45) is 0. The highest BCUT2D eigenvalue weighted by atomic mass is 32.2. The van der Waals surface area contributed by atoms with Crippen molar-refractivity contribution in [2.75, 3.05) is 0 Å². The summed E-state index contributed by atoms with van der Waals surface area (Å²) in [5, 5.41) is 11.5. The van der Waals surface area contributed by atoms with E-state index in [4.69, 9.17) is 0 Å². The monoisotopic (exact) mass is 928 g/mol. The maximum absolute atomic E-state index is 2.37. The molecule has 0 saturated heterocycles. The molecular formula is C54H40S4Si4. The summed E-state index contributed by atoms with van der Waals surface area (Å²) < 4.78 is 9.12. The van der Waals surface area contributed by atoms with E-state index in [1.807, 2.05) is 0 Å². The van der Waals surface area contributed by atoms with Gasteiger partial charge in [0.2, 0.25) is 0 Å². The second-order valence-corrected chi connectivity index (χ2v) is 30.4. The van der Waals surface area contributed by atoms with Gasteiger partial charge in [-0.15, -0.1) is 0 Å². The van der Waals surface area contributed by atoms with Crippen molar-refractivity contribution in [2.45, 2.75) is 0 Å². The van der Waals surface area contributed by atoms with E-state index in [2.05, 4.69) is 290 Å². The fourth-order valence-corrected chi connectivity index (χ4v) is 30.7. The van der Waals surface area contributed by atoms with Gasteiger partial charge in [0.15, 0.2) is 35.2 Å². The van der Waals surface area contributed by atoms with E-state index in [1.165, 1.54) is 50.0 Å². The molecule has 0 atom stereocenters. The molecule has 8 aromatic carbocycles. The van der Waals surface area contributed by atoms with Gasteiger partial charge in [-0.2, -0.15) is 0 Å². The van der Waals surface area contributed by atoms with Gasteiger partial charge in [0.05, 0.1) is 8.47 Å². The molecule has 0 fully saturated rings. The molecule has 0 bridgehead atoms. The van der Waals surface area contributed by atoms with Crippen LogP contribution in [0.15, 0.2) is 269 Å². The maximum Gasteiger partial charge on any atom is 0.164 e. The second-order valence-electron chi connectivity index (χ2n) is 14.7. The lowest BCUT2D eigenvalue weighted by atomic mass is 10.4. The lowest BCUT2D eigenvalue weighted by Crippen LogP contribution is -2.48. The molecule has 0 spiro atoms.